The van der Waals surface area contributed by atoms with Crippen LogP contribution in [0.15, 0.2) is 60.8 Å². The number of rotatable bonds is 10. The molecule has 0 radical (unpaired) electrons. The zero-order valence-electron chi connectivity index (χ0n) is 21.5. The SMILES string of the molecule is COc1ccnc(C(=O)C[C@@H](C)C(=O)O[C@@H](C)[C@H](c2ccc(C)cc2)c2ccc(F)cc2)c1OC(C)=O. The number of esters is 2. The van der Waals surface area contributed by atoms with E-state index in [2.05, 4.69) is 4.98 Å². The van der Waals surface area contributed by atoms with Crippen molar-refractivity contribution < 1.29 is 33.0 Å². The fourth-order valence-corrected chi connectivity index (χ4v) is 4.04. The Kier molecular flexibility index (Phi) is 9.11. The molecule has 0 unspecified atom stereocenters. The monoisotopic (exact) mass is 507 g/mol. The Balaban J connectivity index is 1.78. The molecule has 0 aliphatic rings. The van der Waals surface area contributed by atoms with Crippen molar-refractivity contribution >= 4 is 17.7 Å². The molecule has 3 atom stereocenters. The van der Waals surface area contributed by atoms with Gasteiger partial charge < -0.3 is 14.2 Å². The predicted octanol–water partition coefficient (Wildman–Crippen LogP) is 5.44. The van der Waals surface area contributed by atoms with E-state index in [9.17, 15) is 18.8 Å². The van der Waals surface area contributed by atoms with E-state index >= 15 is 0 Å². The molecule has 0 spiro atoms. The normalized spacial score (nSPS) is 13.2. The molecular weight excluding hydrogens is 477 g/mol. The van der Waals surface area contributed by atoms with E-state index in [4.69, 9.17) is 14.2 Å². The molecule has 0 saturated heterocycles. The summed E-state index contributed by atoms with van der Waals surface area (Å²) in [6.45, 7) is 6.52. The first-order valence-electron chi connectivity index (χ1n) is 11.9. The van der Waals surface area contributed by atoms with E-state index in [0.717, 1.165) is 16.7 Å². The van der Waals surface area contributed by atoms with E-state index in [-0.39, 0.29) is 35.3 Å². The second kappa shape index (κ2) is 12.3. The number of nitrogens with zero attached hydrogens (tertiary/aromatic N) is 1. The number of aromatic nitrogens is 1. The summed E-state index contributed by atoms with van der Waals surface area (Å²) >= 11 is 0. The lowest BCUT2D eigenvalue weighted by atomic mass is 9.86. The number of carbonyl (C=O) groups is 3. The van der Waals surface area contributed by atoms with Crippen LogP contribution in [0.25, 0.3) is 0 Å². The number of Topliss-reactive ketones (excluding diaryl/α,β-unsaturated/α-hetero) is 1. The Morgan fingerprint density at radius 3 is 2.11 bits per heavy atom. The number of carbonyl (C=O) groups excluding carboxylic acids is 3. The molecule has 0 fully saturated rings. The number of hydrogen-bond donors (Lipinski definition) is 0. The van der Waals surface area contributed by atoms with Gasteiger partial charge in [-0.25, -0.2) is 9.37 Å². The van der Waals surface area contributed by atoms with Crippen LogP contribution in [0.3, 0.4) is 0 Å². The second-order valence-electron chi connectivity index (χ2n) is 8.89. The first-order valence-corrected chi connectivity index (χ1v) is 11.9. The second-order valence-corrected chi connectivity index (χ2v) is 8.89. The largest absolute Gasteiger partial charge is 0.493 e. The number of aryl methyl sites for hydroxylation is 1. The van der Waals surface area contributed by atoms with Crippen LogP contribution in [0.5, 0.6) is 11.5 Å². The number of pyridine rings is 1. The lowest BCUT2D eigenvalue weighted by Gasteiger charge is -2.26. The standard InChI is InChI=1S/C29H30FNO6/c1-17-6-8-21(9-7-17)26(22-10-12-23(30)13-11-22)19(3)36-29(34)18(2)16-24(33)27-28(37-20(4)32)25(35-5)14-15-31-27/h6-15,18-19,26H,16H2,1-5H3/t18-,19+,26-/m1/s1. The molecule has 8 heteroatoms. The van der Waals surface area contributed by atoms with Gasteiger partial charge in [0.05, 0.1) is 13.0 Å². The van der Waals surface area contributed by atoms with E-state index in [1.165, 1.54) is 38.4 Å². The molecule has 2 aromatic carbocycles. The van der Waals surface area contributed by atoms with Gasteiger partial charge in [-0.1, -0.05) is 48.9 Å². The third-order valence-corrected chi connectivity index (χ3v) is 5.93. The maximum Gasteiger partial charge on any atom is 0.309 e. The van der Waals surface area contributed by atoms with Crippen molar-refractivity contribution in [1.29, 1.82) is 0 Å². The van der Waals surface area contributed by atoms with Crippen LogP contribution >= 0.6 is 0 Å². The summed E-state index contributed by atoms with van der Waals surface area (Å²) in [6.07, 6.45) is 0.537. The summed E-state index contributed by atoms with van der Waals surface area (Å²) < 4.78 is 29.7. The summed E-state index contributed by atoms with van der Waals surface area (Å²) in [5.41, 5.74) is 2.68. The first kappa shape index (κ1) is 27.5. The zero-order valence-corrected chi connectivity index (χ0v) is 21.5. The predicted molar refractivity (Wildman–Crippen MR) is 135 cm³/mol. The summed E-state index contributed by atoms with van der Waals surface area (Å²) in [6, 6.07) is 15.4. The van der Waals surface area contributed by atoms with Crippen molar-refractivity contribution in [2.45, 2.75) is 46.1 Å². The van der Waals surface area contributed by atoms with Crippen LogP contribution in [0.4, 0.5) is 4.39 Å². The highest BCUT2D eigenvalue weighted by atomic mass is 19.1. The van der Waals surface area contributed by atoms with Crippen molar-refractivity contribution in [3.8, 4) is 11.5 Å². The quantitative estimate of drug-likeness (QED) is 0.267. The van der Waals surface area contributed by atoms with Crippen LogP contribution < -0.4 is 9.47 Å². The molecule has 1 heterocycles. The van der Waals surface area contributed by atoms with E-state index in [0.29, 0.717) is 0 Å². The Hall–Kier alpha value is -4.07. The minimum absolute atomic E-state index is 0.0906. The highest BCUT2D eigenvalue weighted by Gasteiger charge is 2.29. The molecule has 3 aromatic rings. The molecule has 7 nitrogen and oxygen atoms in total. The van der Waals surface area contributed by atoms with Gasteiger partial charge in [-0.05, 0) is 37.1 Å². The minimum atomic E-state index is -0.806. The molecule has 0 saturated carbocycles. The Morgan fingerprint density at radius 1 is 0.946 bits per heavy atom. The summed E-state index contributed by atoms with van der Waals surface area (Å²) in [4.78, 5) is 41.6. The molecule has 0 aliphatic carbocycles. The summed E-state index contributed by atoms with van der Waals surface area (Å²) in [5.74, 6) is -3.13. The van der Waals surface area contributed by atoms with Crippen LogP contribution in [-0.2, 0) is 14.3 Å². The number of ketones is 1. The maximum atomic E-state index is 13.6. The fourth-order valence-electron chi connectivity index (χ4n) is 4.04. The van der Waals surface area contributed by atoms with Crippen LogP contribution in [-0.4, -0.2) is 35.9 Å². The number of benzene rings is 2. The van der Waals surface area contributed by atoms with Gasteiger partial charge in [-0.2, -0.15) is 0 Å². The molecule has 0 N–H and O–H groups in total. The molecule has 3 rings (SSSR count). The van der Waals surface area contributed by atoms with Gasteiger partial charge in [-0.3, -0.25) is 14.4 Å². The first-order chi connectivity index (χ1) is 17.6. The van der Waals surface area contributed by atoms with E-state index < -0.39 is 29.7 Å². The highest BCUT2D eigenvalue weighted by Crippen LogP contribution is 2.33. The third-order valence-electron chi connectivity index (χ3n) is 5.93. The van der Waals surface area contributed by atoms with Crippen LogP contribution in [0, 0.1) is 18.7 Å². The van der Waals surface area contributed by atoms with Gasteiger partial charge in [0.15, 0.2) is 17.2 Å². The Labute approximate surface area is 215 Å². The van der Waals surface area contributed by atoms with Gasteiger partial charge >= 0.3 is 11.9 Å². The Morgan fingerprint density at radius 2 is 1.54 bits per heavy atom. The lowest BCUT2D eigenvalue weighted by molar-refractivity contribution is -0.153. The van der Waals surface area contributed by atoms with Gasteiger partial charge in [0.25, 0.3) is 0 Å². The van der Waals surface area contributed by atoms with E-state index in [1.54, 1.807) is 26.0 Å². The van der Waals surface area contributed by atoms with Crippen molar-refractivity contribution in [3.63, 3.8) is 0 Å². The zero-order chi connectivity index (χ0) is 27.1. The smallest absolute Gasteiger partial charge is 0.309 e. The Bertz CT molecular complexity index is 1210. The van der Waals surface area contributed by atoms with Crippen molar-refractivity contribution in [2.75, 3.05) is 7.11 Å². The van der Waals surface area contributed by atoms with Crippen molar-refractivity contribution in [1.82, 2.24) is 4.98 Å². The number of ether oxygens (including phenoxy) is 3. The topological polar surface area (TPSA) is 91.8 Å². The fraction of sp³-hybridized carbons (Fsp3) is 0.310. The lowest BCUT2D eigenvalue weighted by Crippen LogP contribution is -2.28. The summed E-state index contributed by atoms with van der Waals surface area (Å²) in [7, 11) is 1.38. The molecule has 1 aromatic heterocycles. The molecule has 0 aliphatic heterocycles. The maximum absolute atomic E-state index is 13.6. The number of halogens is 1. The van der Waals surface area contributed by atoms with Crippen LogP contribution in [0.1, 0.15) is 60.3 Å². The minimum Gasteiger partial charge on any atom is -0.493 e. The van der Waals surface area contributed by atoms with Crippen LogP contribution in [0.2, 0.25) is 0 Å². The molecule has 37 heavy (non-hydrogen) atoms. The van der Waals surface area contributed by atoms with Gasteiger partial charge in [0.1, 0.15) is 11.9 Å². The average Bonchev–Trinajstić information content (AvgIpc) is 2.86. The van der Waals surface area contributed by atoms with Gasteiger partial charge in [0, 0.05) is 31.5 Å². The molecule has 194 valence electrons. The van der Waals surface area contributed by atoms with Gasteiger partial charge in [-0.15, -0.1) is 0 Å². The number of methoxy groups -OCH3 is 1. The number of hydrogen-bond acceptors (Lipinski definition) is 7. The highest BCUT2D eigenvalue weighted by molar-refractivity contribution is 5.99. The van der Waals surface area contributed by atoms with Crippen molar-refractivity contribution in [2.24, 2.45) is 5.92 Å². The van der Waals surface area contributed by atoms with Crippen molar-refractivity contribution in [3.05, 3.63) is 89.0 Å². The molecule has 0 amide bonds. The average molecular weight is 508 g/mol. The van der Waals surface area contributed by atoms with E-state index in [1.807, 2.05) is 31.2 Å². The summed E-state index contributed by atoms with van der Waals surface area (Å²) in [5, 5.41) is 0. The van der Waals surface area contributed by atoms with Gasteiger partial charge in [0.2, 0.25) is 5.75 Å². The third kappa shape index (κ3) is 7.00. The molecule has 0 bridgehead atoms. The molecular formula is C29H30FNO6.